The van der Waals surface area contributed by atoms with Crippen LogP contribution in [0.4, 0.5) is 0 Å². The molecule has 90 valence electrons. The van der Waals surface area contributed by atoms with Gasteiger partial charge in [-0.2, -0.15) is 0 Å². The highest BCUT2D eigenvalue weighted by Gasteiger charge is 1.91. The van der Waals surface area contributed by atoms with E-state index in [2.05, 4.69) is 22.7 Å². The molecule has 0 heterocycles. The molecule has 0 aliphatic heterocycles. The number of carbonyl (C=O) groups is 1. The summed E-state index contributed by atoms with van der Waals surface area (Å²) in [6.45, 7) is 2.34. The van der Waals surface area contributed by atoms with Crippen LogP contribution in [-0.2, 0) is 14.3 Å². The third-order valence-corrected chi connectivity index (χ3v) is 1.57. The van der Waals surface area contributed by atoms with Crippen molar-refractivity contribution in [2.45, 2.75) is 19.8 Å². The van der Waals surface area contributed by atoms with Crippen molar-refractivity contribution in [3.8, 4) is 24.4 Å². The maximum absolute atomic E-state index is 10.9. The number of rotatable bonds is 7. The first-order valence-electron chi connectivity index (χ1n) is 5.28. The average Bonchev–Trinajstić information content (AvgIpc) is 2.34. The molecule has 0 saturated heterocycles. The van der Waals surface area contributed by atoms with Crippen LogP contribution in [0.25, 0.3) is 0 Å². The highest BCUT2D eigenvalue weighted by Crippen LogP contribution is 1.92. The van der Waals surface area contributed by atoms with Crippen LogP contribution >= 0.6 is 0 Å². The number of terminal acetylenes is 1. The predicted octanol–water partition coefficient (Wildman–Crippen LogP) is 2.05. The van der Waals surface area contributed by atoms with Crippen molar-refractivity contribution in [1.29, 1.82) is 0 Å². The minimum Gasteiger partial charge on any atom is -0.449 e. The quantitative estimate of drug-likeness (QED) is 0.221. The maximum Gasteiger partial charge on any atom is 0.331 e. The largest absolute Gasteiger partial charge is 0.449 e. The standard InChI is InChI=1S/C14H16O3/c1-3-11-16-13-9-7-5-6-8-10-14(15)17-12-4-2/h2,5-6,8,10H,7,9,12-13H2,1H3/b6-5+,10-8+. The van der Waals surface area contributed by atoms with Gasteiger partial charge in [-0.1, -0.05) is 30.1 Å². The normalized spacial score (nSPS) is 9.65. The number of esters is 1. The molecule has 0 aromatic carbocycles. The highest BCUT2D eigenvalue weighted by atomic mass is 16.5. The molecule has 0 rings (SSSR count). The molecule has 3 nitrogen and oxygen atoms in total. The summed E-state index contributed by atoms with van der Waals surface area (Å²) in [5.74, 6) is 4.42. The van der Waals surface area contributed by atoms with Gasteiger partial charge >= 0.3 is 5.97 Å². The molecular formula is C14H16O3. The Morgan fingerprint density at radius 2 is 2.24 bits per heavy atom. The van der Waals surface area contributed by atoms with E-state index in [0.717, 1.165) is 12.8 Å². The Morgan fingerprint density at radius 1 is 1.41 bits per heavy atom. The fraction of sp³-hybridized carbons (Fsp3) is 0.357. The van der Waals surface area contributed by atoms with Crippen LogP contribution in [0.15, 0.2) is 24.3 Å². The first-order valence-corrected chi connectivity index (χ1v) is 5.28. The molecule has 0 fully saturated rings. The van der Waals surface area contributed by atoms with Crippen molar-refractivity contribution in [2.24, 2.45) is 0 Å². The van der Waals surface area contributed by atoms with Gasteiger partial charge in [-0.25, -0.2) is 4.79 Å². The smallest absolute Gasteiger partial charge is 0.331 e. The van der Waals surface area contributed by atoms with Gasteiger partial charge < -0.3 is 9.47 Å². The van der Waals surface area contributed by atoms with E-state index in [1.54, 1.807) is 19.1 Å². The van der Waals surface area contributed by atoms with Gasteiger partial charge in [0.15, 0.2) is 6.61 Å². The molecule has 0 N–H and O–H groups in total. The van der Waals surface area contributed by atoms with Crippen molar-refractivity contribution in [3.05, 3.63) is 24.3 Å². The van der Waals surface area contributed by atoms with Crippen molar-refractivity contribution >= 4 is 5.97 Å². The molecule has 0 amide bonds. The van der Waals surface area contributed by atoms with Gasteiger partial charge in [-0.3, -0.25) is 0 Å². The topological polar surface area (TPSA) is 35.5 Å². The van der Waals surface area contributed by atoms with Crippen LogP contribution in [0, 0.1) is 24.4 Å². The molecule has 0 unspecified atom stereocenters. The van der Waals surface area contributed by atoms with Crippen LogP contribution in [0.3, 0.4) is 0 Å². The summed E-state index contributed by atoms with van der Waals surface area (Å²) < 4.78 is 9.60. The van der Waals surface area contributed by atoms with Gasteiger partial charge in [0.2, 0.25) is 0 Å². The van der Waals surface area contributed by atoms with Crippen LogP contribution in [0.2, 0.25) is 0 Å². The number of ether oxygens (including phenoxy) is 2. The zero-order chi connectivity index (χ0) is 12.8. The lowest BCUT2D eigenvalue weighted by atomic mass is 10.3. The number of carbonyl (C=O) groups excluding carboxylic acids is 1. The van der Waals surface area contributed by atoms with Gasteiger partial charge in [0, 0.05) is 13.0 Å². The van der Waals surface area contributed by atoms with E-state index < -0.39 is 5.97 Å². The van der Waals surface area contributed by atoms with Crippen LogP contribution < -0.4 is 0 Å². The summed E-state index contributed by atoms with van der Waals surface area (Å²) in [4.78, 5) is 10.9. The zero-order valence-electron chi connectivity index (χ0n) is 9.94. The lowest BCUT2D eigenvalue weighted by Crippen LogP contribution is -1.99. The summed E-state index contributed by atoms with van der Waals surface area (Å²) in [5, 5.41) is 0. The number of hydrogen-bond acceptors (Lipinski definition) is 3. The fourth-order valence-electron chi connectivity index (χ4n) is 0.866. The molecule has 0 atom stereocenters. The third kappa shape index (κ3) is 11.8. The third-order valence-electron chi connectivity index (χ3n) is 1.57. The molecule has 3 heteroatoms. The van der Waals surface area contributed by atoms with E-state index in [0.29, 0.717) is 6.61 Å². The van der Waals surface area contributed by atoms with E-state index in [1.165, 1.54) is 6.08 Å². The molecule has 0 spiro atoms. The maximum atomic E-state index is 10.9. The summed E-state index contributed by atoms with van der Waals surface area (Å²) >= 11 is 0. The average molecular weight is 232 g/mol. The monoisotopic (exact) mass is 232 g/mol. The Labute approximate surface area is 102 Å². The second kappa shape index (κ2) is 11.9. The van der Waals surface area contributed by atoms with Gasteiger partial charge in [0.1, 0.15) is 12.7 Å². The van der Waals surface area contributed by atoms with Crippen LogP contribution in [0.1, 0.15) is 19.8 Å². The van der Waals surface area contributed by atoms with Gasteiger partial charge in [0.05, 0.1) is 0 Å². The summed E-state index contributed by atoms with van der Waals surface area (Å²) in [7, 11) is 0. The van der Waals surface area contributed by atoms with E-state index in [1.807, 2.05) is 6.08 Å². The van der Waals surface area contributed by atoms with E-state index in [4.69, 9.17) is 11.2 Å². The second-order valence-corrected chi connectivity index (χ2v) is 2.94. The Morgan fingerprint density at radius 3 is 2.94 bits per heavy atom. The van der Waals surface area contributed by atoms with Crippen molar-refractivity contribution in [3.63, 3.8) is 0 Å². The highest BCUT2D eigenvalue weighted by molar-refractivity contribution is 5.82. The number of allylic oxidation sites excluding steroid dienone is 3. The van der Waals surface area contributed by atoms with Crippen molar-refractivity contribution in [1.82, 2.24) is 0 Å². The molecule has 0 aromatic heterocycles. The number of hydrogen-bond donors (Lipinski definition) is 0. The summed E-state index contributed by atoms with van der Waals surface area (Å²) in [6, 6.07) is 0. The SMILES string of the molecule is C#CCOC(=O)/C=C/C=C/CCCOC#CC. The Balaban J connectivity index is 3.52. The Bertz CT molecular complexity index is 361. The molecule has 0 aromatic rings. The number of unbranched alkanes of at least 4 members (excludes halogenated alkanes) is 1. The minimum atomic E-state index is -0.436. The lowest BCUT2D eigenvalue weighted by molar-refractivity contribution is -0.136. The minimum absolute atomic E-state index is 0.00267. The molecule has 17 heavy (non-hydrogen) atoms. The molecule has 0 bridgehead atoms. The first-order chi connectivity index (χ1) is 8.31. The predicted molar refractivity (Wildman–Crippen MR) is 66.7 cm³/mol. The molecular weight excluding hydrogens is 216 g/mol. The van der Waals surface area contributed by atoms with Crippen molar-refractivity contribution < 1.29 is 14.3 Å². The molecule has 0 saturated carbocycles. The second-order valence-electron chi connectivity index (χ2n) is 2.94. The first kappa shape index (κ1) is 14.9. The van der Waals surface area contributed by atoms with Gasteiger partial charge in [-0.15, -0.1) is 6.42 Å². The van der Waals surface area contributed by atoms with E-state index in [-0.39, 0.29) is 6.61 Å². The van der Waals surface area contributed by atoms with E-state index in [9.17, 15) is 4.79 Å². The van der Waals surface area contributed by atoms with E-state index >= 15 is 0 Å². The summed E-state index contributed by atoms with van der Waals surface area (Å²) in [6.07, 6.45) is 15.9. The molecule has 0 aliphatic rings. The Kier molecular flexibility index (Phi) is 10.4. The zero-order valence-corrected chi connectivity index (χ0v) is 9.94. The van der Waals surface area contributed by atoms with Crippen LogP contribution in [-0.4, -0.2) is 19.2 Å². The van der Waals surface area contributed by atoms with Crippen molar-refractivity contribution in [2.75, 3.05) is 13.2 Å². The molecule has 0 aliphatic carbocycles. The van der Waals surface area contributed by atoms with Crippen LogP contribution in [0.5, 0.6) is 0 Å². The van der Waals surface area contributed by atoms with Gasteiger partial charge in [0.25, 0.3) is 0 Å². The fourth-order valence-corrected chi connectivity index (χ4v) is 0.866. The lowest BCUT2D eigenvalue weighted by Gasteiger charge is -1.93. The molecule has 0 radical (unpaired) electrons. The summed E-state index contributed by atoms with van der Waals surface area (Å²) in [5.41, 5.74) is 0. The Hall–Kier alpha value is -2.13. The van der Waals surface area contributed by atoms with Gasteiger partial charge in [-0.05, 0) is 12.8 Å².